The minimum Gasteiger partial charge on any atom is -0.355 e. The quantitative estimate of drug-likeness (QED) is 0.864. The second-order valence-corrected chi connectivity index (χ2v) is 7.38. The standard InChI is InChI=1S/C19H26N6O2/c1-20-19(27)15-12-22-25-16(4-7-21-18(15)25)14-5-10-24(11-6-14)17(26)13-23-8-2-3-9-23/h4,7,12,14H,2-3,5-6,8-11,13H2,1H3,(H,20,27). The van der Waals surface area contributed by atoms with Gasteiger partial charge in [-0.05, 0) is 44.8 Å². The van der Waals surface area contributed by atoms with E-state index in [-0.39, 0.29) is 11.8 Å². The van der Waals surface area contributed by atoms with Crippen molar-refractivity contribution in [3.63, 3.8) is 0 Å². The van der Waals surface area contributed by atoms with E-state index in [1.165, 1.54) is 12.8 Å². The molecule has 1 N–H and O–H groups in total. The van der Waals surface area contributed by atoms with Gasteiger partial charge in [0.2, 0.25) is 5.91 Å². The van der Waals surface area contributed by atoms with Crippen LogP contribution in [0, 0.1) is 0 Å². The third-order valence-electron chi connectivity index (χ3n) is 5.73. The second kappa shape index (κ2) is 7.64. The fraction of sp³-hybridized carbons (Fsp3) is 0.579. The van der Waals surface area contributed by atoms with E-state index in [4.69, 9.17) is 0 Å². The molecule has 0 unspecified atom stereocenters. The van der Waals surface area contributed by atoms with Crippen molar-refractivity contribution in [1.82, 2.24) is 29.7 Å². The number of piperidine rings is 1. The lowest BCUT2D eigenvalue weighted by Crippen LogP contribution is -2.43. The fourth-order valence-electron chi connectivity index (χ4n) is 4.17. The number of aromatic nitrogens is 3. The Bertz CT molecular complexity index is 834. The van der Waals surface area contributed by atoms with Crippen molar-refractivity contribution in [2.45, 2.75) is 31.6 Å². The first-order valence-electron chi connectivity index (χ1n) is 9.72. The molecule has 0 aliphatic carbocycles. The highest BCUT2D eigenvalue weighted by atomic mass is 16.2. The molecule has 0 atom stereocenters. The van der Waals surface area contributed by atoms with Gasteiger partial charge >= 0.3 is 0 Å². The molecule has 2 aliphatic heterocycles. The van der Waals surface area contributed by atoms with Gasteiger partial charge in [0, 0.05) is 37.9 Å². The Morgan fingerprint density at radius 2 is 1.93 bits per heavy atom. The van der Waals surface area contributed by atoms with Gasteiger partial charge in [-0.2, -0.15) is 5.10 Å². The number of hydrogen-bond donors (Lipinski definition) is 1. The van der Waals surface area contributed by atoms with E-state index in [2.05, 4.69) is 20.3 Å². The highest BCUT2D eigenvalue weighted by molar-refractivity contribution is 5.99. The van der Waals surface area contributed by atoms with Gasteiger partial charge in [0.1, 0.15) is 5.56 Å². The maximum atomic E-state index is 12.5. The summed E-state index contributed by atoms with van der Waals surface area (Å²) in [5.74, 6) is 0.372. The number of likely N-dealkylation sites (tertiary alicyclic amines) is 2. The van der Waals surface area contributed by atoms with Gasteiger partial charge in [-0.15, -0.1) is 0 Å². The van der Waals surface area contributed by atoms with Crippen molar-refractivity contribution in [3.8, 4) is 0 Å². The van der Waals surface area contributed by atoms with Crippen molar-refractivity contribution in [3.05, 3.63) is 29.7 Å². The summed E-state index contributed by atoms with van der Waals surface area (Å²) in [6.45, 7) is 4.18. The van der Waals surface area contributed by atoms with E-state index in [0.29, 0.717) is 23.7 Å². The first-order chi connectivity index (χ1) is 13.2. The smallest absolute Gasteiger partial charge is 0.256 e. The lowest BCUT2D eigenvalue weighted by Gasteiger charge is -2.33. The van der Waals surface area contributed by atoms with Gasteiger partial charge in [-0.3, -0.25) is 14.5 Å². The lowest BCUT2D eigenvalue weighted by atomic mass is 9.93. The van der Waals surface area contributed by atoms with Gasteiger partial charge in [0.15, 0.2) is 5.65 Å². The molecule has 144 valence electrons. The monoisotopic (exact) mass is 370 g/mol. The minimum atomic E-state index is -0.183. The summed E-state index contributed by atoms with van der Waals surface area (Å²) in [6, 6.07) is 1.97. The van der Waals surface area contributed by atoms with Crippen LogP contribution < -0.4 is 5.32 Å². The van der Waals surface area contributed by atoms with Crippen molar-refractivity contribution in [2.75, 3.05) is 39.8 Å². The number of nitrogens with one attached hydrogen (secondary N) is 1. The van der Waals surface area contributed by atoms with E-state index in [1.807, 2.05) is 11.0 Å². The van der Waals surface area contributed by atoms with Crippen LogP contribution in [0.25, 0.3) is 5.65 Å². The summed E-state index contributed by atoms with van der Waals surface area (Å²) in [5.41, 5.74) is 2.12. The third kappa shape index (κ3) is 3.53. The van der Waals surface area contributed by atoms with Gasteiger partial charge in [-0.25, -0.2) is 9.50 Å². The molecule has 4 rings (SSSR count). The number of carbonyl (C=O) groups is 2. The first-order valence-corrected chi connectivity index (χ1v) is 9.72. The van der Waals surface area contributed by atoms with Crippen LogP contribution in [0.1, 0.15) is 47.7 Å². The van der Waals surface area contributed by atoms with Gasteiger partial charge in [0.25, 0.3) is 5.91 Å². The Kier molecular flexibility index (Phi) is 5.07. The molecule has 27 heavy (non-hydrogen) atoms. The van der Waals surface area contributed by atoms with Gasteiger partial charge in [0.05, 0.1) is 12.7 Å². The van der Waals surface area contributed by atoms with Gasteiger partial charge < -0.3 is 10.2 Å². The molecular formula is C19H26N6O2. The highest BCUT2D eigenvalue weighted by Gasteiger charge is 2.27. The van der Waals surface area contributed by atoms with Gasteiger partial charge in [-0.1, -0.05) is 0 Å². The zero-order valence-corrected chi connectivity index (χ0v) is 15.7. The second-order valence-electron chi connectivity index (χ2n) is 7.38. The van der Waals surface area contributed by atoms with E-state index >= 15 is 0 Å². The Morgan fingerprint density at radius 3 is 2.63 bits per heavy atom. The van der Waals surface area contributed by atoms with E-state index < -0.39 is 0 Å². The van der Waals surface area contributed by atoms with Crippen molar-refractivity contribution >= 4 is 17.5 Å². The van der Waals surface area contributed by atoms with Crippen LogP contribution in [0.3, 0.4) is 0 Å². The molecule has 2 saturated heterocycles. The zero-order valence-electron chi connectivity index (χ0n) is 15.7. The average molecular weight is 370 g/mol. The molecule has 0 aromatic carbocycles. The number of nitrogens with zero attached hydrogens (tertiary/aromatic N) is 5. The normalized spacial score (nSPS) is 18.9. The third-order valence-corrected chi connectivity index (χ3v) is 5.73. The molecule has 2 aromatic rings. The Hall–Kier alpha value is -2.48. The first kappa shape index (κ1) is 17.9. The predicted molar refractivity (Wildman–Crippen MR) is 101 cm³/mol. The minimum absolute atomic E-state index is 0.183. The summed E-state index contributed by atoms with van der Waals surface area (Å²) < 4.78 is 1.77. The van der Waals surface area contributed by atoms with Crippen LogP contribution in [0.2, 0.25) is 0 Å². The number of hydrogen-bond acceptors (Lipinski definition) is 5. The fourth-order valence-corrected chi connectivity index (χ4v) is 4.17. The van der Waals surface area contributed by atoms with E-state index in [9.17, 15) is 9.59 Å². The molecule has 0 spiro atoms. The molecule has 2 aliphatic rings. The largest absolute Gasteiger partial charge is 0.355 e. The van der Waals surface area contributed by atoms with Crippen LogP contribution in [0.15, 0.2) is 18.5 Å². The summed E-state index contributed by atoms with van der Waals surface area (Å²) in [6.07, 6.45) is 7.52. The molecule has 8 nitrogen and oxygen atoms in total. The summed E-state index contributed by atoms with van der Waals surface area (Å²) >= 11 is 0. The predicted octanol–water partition coefficient (Wildman–Crippen LogP) is 0.891. The summed E-state index contributed by atoms with van der Waals surface area (Å²) in [5, 5.41) is 7.02. The SMILES string of the molecule is CNC(=O)c1cnn2c(C3CCN(C(=O)CN4CCCC4)CC3)ccnc12. The number of rotatable bonds is 4. The number of carbonyl (C=O) groups excluding carboxylic acids is 2. The summed E-state index contributed by atoms with van der Waals surface area (Å²) in [4.78, 5) is 33.1. The molecule has 8 heteroatoms. The number of amides is 2. The maximum Gasteiger partial charge on any atom is 0.256 e. The number of fused-ring (bicyclic) bond motifs is 1. The molecule has 2 amide bonds. The van der Waals surface area contributed by atoms with E-state index in [0.717, 1.165) is 44.7 Å². The van der Waals surface area contributed by atoms with Crippen molar-refractivity contribution in [1.29, 1.82) is 0 Å². The van der Waals surface area contributed by atoms with Crippen LogP contribution >= 0.6 is 0 Å². The van der Waals surface area contributed by atoms with Crippen molar-refractivity contribution in [2.24, 2.45) is 0 Å². The summed E-state index contributed by atoms with van der Waals surface area (Å²) in [7, 11) is 1.60. The molecule has 2 aromatic heterocycles. The Morgan fingerprint density at radius 1 is 1.19 bits per heavy atom. The highest BCUT2D eigenvalue weighted by Crippen LogP contribution is 2.28. The molecule has 0 radical (unpaired) electrons. The Balaban J connectivity index is 1.44. The molecule has 0 bridgehead atoms. The lowest BCUT2D eigenvalue weighted by molar-refractivity contribution is -0.133. The molecule has 0 saturated carbocycles. The Labute approximate surface area is 158 Å². The average Bonchev–Trinajstić information content (AvgIpc) is 3.37. The van der Waals surface area contributed by atoms with Crippen LogP contribution in [0.5, 0.6) is 0 Å². The van der Waals surface area contributed by atoms with Crippen LogP contribution in [0.4, 0.5) is 0 Å². The molecule has 4 heterocycles. The zero-order chi connectivity index (χ0) is 18.8. The topological polar surface area (TPSA) is 82.8 Å². The maximum absolute atomic E-state index is 12.5. The van der Waals surface area contributed by atoms with Crippen molar-refractivity contribution < 1.29 is 9.59 Å². The van der Waals surface area contributed by atoms with E-state index in [1.54, 1.807) is 24.0 Å². The van der Waals surface area contributed by atoms with Crippen LogP contribution in [-0.2, 0) is 4.79 Å². The molecule has 2 fully saturated rings. The molecular weight excluding hydrogens is 344 g/mol. The van der Waals surface area contributed by atoms with Crippen LogP contribution in [-0.4, -0.2) is 76.0 Å².